The van der Waals surface area contributed by atoms with Crippen LogP contribution in [0.4, 0.5) is 0 Å². The molecule has 5 nitrogen and oxygen atoms in total. The summed E-state index contributed by atoms with van der Waals surface area (Å²) in [5.41, 5.74) is 1.68. The molecular weight excluding hydrogens is 298 g/mol. The van der Waals surface area contributed by atoms with Crippen LogP contribution in [0.1, 0.15) is 16.0 Å². The van der Waals surface area contributed by atoms with Gasteiger partial charge in [0.25, 0.3) is 5.56 Å². The van der Waals surface area contributed by atoms with Crippen molar-refractivity contribution in [3.63, 3.8) is 0 Å². The van der Waals surface area contributed by atoms with E-state index in [4.69, 9.17) is 4.74 Å². The molecule has 0 bridgehead atoms. The average Bonchev–Trinajstić information content (AvgIpc) is 2.82. The Morgan fingerprint density at radius 2 is 2.18 bits per heavy atom. The first-order valence-corrected chi connectivity index (χ1v) is 7.57. The number of benzene rings is 1. The number of methoxy groups -OCH3 is 1. The minimum atomic E-state index is -0.147. The molecule has 1 aromatic carbocycles. The second-order valence-electron chi connectivity index (χ2n) is 4.88. The predicted molar refractivity (Wildman–Crippen MR) is 89.3 cm³/mol. The number of nitrogens with zero attached hydrogens (tertiary/aromatic N) is 3. The molecule has 0 saturated carbocycles. The Labute approximate surface area is 131 Å². The van der Waals surface area contributed by atoms with Crippen molar-refractivity contribution in [1.29, 1.82) is 0 Å². The summed E-state index contributed by atoms with van der Waals surface area (Å²) < 4.78 is 6.43. The first kappa shape index (κ1) is 14.5. The highest BCUT2D eigenvalue weighted by atomic mass is 32.1. The van der Waals surface area contributed by atoms with Gasteiger partial charge in [0.15, 0.2) is 0 Å². The number of aryl methyl sites for hydroxylation is 2. The Morgan fingerprint density at radius 3 is 2.95 bits per heavy atom. The molecule has 6 heteroatoms. The van der Waals surface area contributed by atoms with Gasteiger partial charge in [0.05, 0.1) is 18.7 Å². The molecule has 22 heavy (non-hydrogen) atoms. The van der Waals surface area contributed by atoms with Gasteiger partial charge in [-0.25, -0.2) is 4.98 Å². The fourth-order valence-corrected chi connectivity index (χ4v) is 3.15. The summed E-state index contributed by atoms with van der Waals surface area (Å²) >= 11 is 1.53. The van der Waals surface area contributed by atoms with Crippen molar-refractivity contribution in [3.8, 4) is 5.75 Å². The third-order valence-corrected chi connectivity index (χ3v) is 4.61. The molecule has 3 aromatic rings. The van der Waals surface area contributed by atoms with Crippen LogP contribution in [0.2, 0.25) is 0 Å². The van der Waals surface area contributed by atoms with Gasteiger partial charge in [-0.15, -0.1) is 11.3 Å². The van der Waals surface area contributed by atoms with Crippen LogP contribution < -0.4 is 10.3 Å². The van der Waals surface area contributed by atoms with Gasteiger partial charge in [0, 0.05) is 4.88 Å². The molecule has 0 N–H and O–H groups in total. The maximum atomic E-state index is 12.5. The first-order chi connectivity index (χ1) is 10.6. The predicted octanol–water partition coefficient (Wildman–Crippen LogP) is 2.97. The fourth-order valence-electron chi connectivity index (χ4n) is 2.16. The fraction of sp³-hybridized carbons (Fsp3) is 0.188. The van der Waals surface area contributed by atoms with Gasteiger partial charge in [0.1, 0.15) is 16.9 Å². The molecule has 0 radical (unpaired) electrons. The van der Waals surface area contributed by atoms with Crippen LogP contribution >= 0.6 is 11.3 Å². The zero-order valence-corrected chi connectivity index (χ0v) is 13.3. The van der Waals surface area contributed by atoms with Crippen molar-refractivity contribution in [2.75, 3.05) is 7.11 Å². The summed E-state index contributed by atoms with van der Waals surface area (Å²) in [6, 6.07) is 7.47. The lowest BCUT2D eigenvalue weighted by Gasteiger charge is -2.01. The van der Waals surface area contributed by atoms with E-state index in [1.807, 2.05) is 38.1 Å². The molecule has 0 atom stereocenters. The van der Waals surface area contributed by atoms with E-state index in [1.54, 1.807) is 13.3 Å². The molecule has 2 aromatic heterocycles. The zero-order chi connectivity index (χ0) is 15.7. The van der Waals surface area contributed by atoms with Gasteiger partial charge in [-0.3, -0.25) is 4.79 Å². The number of thiophene rings is 1. The van der Waals surface area contributed by atoms with Crippen molar-refractivity contribution in [1.82, 2.24) is 9.66 Å². The highest BCUT2D eigenvalue weighted by Crippen LogP contribution is 2.25. The molecule has 0 aliphatic carbocycles. The molecule has 0 saturated heterocycles. The SMILES string of the molecule is COc1cccc(/C=N/n2cnc3sc(C)c(C)c3c2=O)c1. The van der Waals surface area contributed by atoms with Crippen LogP contribution in [-0.2, 0) is 0 Å². The van der Waals surface area contributed by atoms with E-state index in [-0.39, 0.29) is 5.56 Å². The largest absolute Gasteiger partial charge is 0.497 e. The Kier molecular flexibility index (Phi) is 3.77. The van der Waals surface area contributed by atoms with Crippen LogP contribution in [0.5, 0.6) is 5.75 Å². The molecule has 0 amide bonds. The van der Waals surface area contributed by atoms with Crippen LogP contribution in [-0.4, -0.2) is 23.0 Å². The van der Waals surface area contributed by atoms with E-state index in [2.05, 4.69) is 10.1 Å². The van der Waals surface area contributed by atoms with Crippen LogP contribution in [0, 0.1) is 13.8 Å². The third-order valence-electron chi connectivity index (χ3n) is 3.50. The highest BCUT2D eigenvalue weighted by molar-refractivity contribution is 7.18. The number of hydrogen-bond donors (Lipinski definition) is 0. The Bertz CT molecular complexity index is 925. The second-order valence-corrected chi connectivity index (χ2v) is 6.08. The summed E-state index contributed by atoms with van der Waals surface area (Å²) in [5.74, 6) is 0.745. The maximum absolute atomic E-state index is 12.5. The highest BCUT2D eigenvalue weighted by Gasteiger charge is 2.11. The molecule has 3 rings (SSSR count). The molecular formula is C16H15N3O2S. The number of hydrogen-bond acceptors (Lipinski definition) is 5. The molecule has 0 fully saturated rings. The van der Waals surface area contributed by atoms with E-state index in [9.17, 15) is 4.79 Å². The smallest absolute Gasteiger partial charge is 0.282 e. The van der Waals surface area contributed by atoms with Gasteiger partial charge in [-0.2, -0.15) is 9.78 Å². The van der Waals surface area contributed by atoms with Gasteiger partial charge < -0.3 is 4.74 Å². The lowest BCUT2D eigenvalue weighted by molar-refractivity contribution is 0.415. The summed E-state index contributed by atoms with van der Waals surface area (Å²) in [7, 11) is 1.61. The molecule has 0 spiro atoms. The van der Waals surface area contributed by atoms with Gasteiger partial charge >= 0.3 is 0 Å². The summed E-state index contributed by atoms with van der Waals surface area (Å²) in [5, 5.41) is 4.86. The third kappa shape index (κ3) is 2.53. The van der Waals surface area contributed by atoms with Gasteiger partial charge in [0.2, 0.25) is 0 Å². The number of fused-ring (bicyclic) bond motifs is 1. The van der Waals surface area contributed by atoms with Crippen LogP contribution in [0.25, 0.3) is 10.2 Å². The van der Waals surface area contributed by atoms with E-state index in [1.165, 1.54) is 22.3 Å². The van der Waals surface area contributed by atoms with E-state index in [0.29, 0.717) is 5.39 Å². The van der Waals surface area contributed by atoms with E-state index >= 15 is 0 Å². The lowest BCUT2D eigenvalue weighted by Crippen LogP contribution is -2.16. The number of aromatic nitrogens is 2. The zero-order valence-electron chi connectivity index (χ0n) is 12.5. The number of rotatable bonds is 3. The van der Waals surface area contributed by atoms with E-state index in [0.717, 1.165) is 26.6 Å². The van der Waals surface area contributed by atoms with Crippen molar-refractivity contribution >= 4 is 27.8 Å². The monoisotopic (exact) mass is 313 g/mol. The molecule has 2 heterocycles. The standard InChI is InChI=1S/C16H15N3O2S/c1-10-11(2)22-15-14(10)16(20)19(9-17-15)18-8-12-5-4-6-13(7-12)21-3/h4-9H,1-3H3/b18-8+. The van der Waals surface area contributed by atoms with Gasteiger partial charge in [-0.05, 0) is 37.1 Å². The second kappa shape index (κ2) is 5.73. The minimum Gasteiger partial charge on any atom is -0.497 e. The average molecular weight is 313 g/mol. The summed E-state index contributed by atoms with van der Waals surface area (Å²) in [4.78, 5) is 18.7. The normalized spacial score (nSPS) is 11.4. The quantitative estimate of drug-likeness (QED) is 0.699. The Morgan fingerprint density at radius 1 is 1.36 bits per heavy atom. The van der Waals surface area contributed by atoms with Crippen molar-refractivity contribution < 1.29 is 4.74 Å². The van der Waals surface area contributed by atoms with Gasteiger partial charge in [-0.1, -0.05) is 12.1 Å². The molecule has 112 valence electrons. The summed E-state index contributed by atoms with van der Waals surface area (Å²) in [6.07, 6.45) is 3.07. The lowest BCUT2D eigenvalue weighted by atomic mass is 10.2. The molecule has 0 aliphatic rings. The van der Waals surface area contributed by atoms with Crippen LogP contribution in [0.3, 0.4) is 0 Å². The first-order valence-electron chi connectivity index (χ1n) is 6.76. The molecule has 0 aliphatic heterocycles. The van der Waals surface area contributed by atoms with Crippen molar-refractivity contribution in [2.24, 2.45) is 5.10 Å². The van der Waals surface area contributed by atoms with E-state index < -0.39 is 0 Å². The van der Waals surface area contributed by atoms with Crippen LogP contribution in [0.15, 0.2) is 40.5 Å². The number of ether oxygens (including phenoxy) is 1. The van der Waals surface area contributed by atoms with Crippen molar-refractivity contribution in [2.45, 2.75) is 13.8 Å². The molecule has 0 unspecified atom stereocenters. The Balaban J connectivity index is 2.03. The summed E-state index contributed by atoms with van der Waals surface area (Å²) in [6.45, 7) is 3.93. The topological polar surface area (TPSA) is 56.5 Å². The van der Waals surface area contributed by atoms with Crippen molar-refractivity contribution in [3.05, 3.63) is 57.0 Å². The minimum absolute atomic E-state index is 0.147. The maximum Gasteiger partial charge on any atom is 0.282 e. The Hall–Kier alpha value is -2.47.